The summed E-state index contributed by atoms with van der Waals surface area (Å²) in [6, 6.07) is 3.20. The predicted molar refractivity (Wildman–Crippen MR) is 156 cm³/mol. The lowest BCUT2D eigenvalue weighted by Crippen LogP contribution is -2.54. The van der Waals surface area contributed by atoms with Crippen molar-refractivity contribution in [2.75, 3.05) is 6.61 Å². The zero-order valence-corrected chi connectivity index (χ0v) is 24.5. The molecule has 0 bridgehead atoms. The smallest absolute Gasteiger partial charge is 0.329 e. The van der Waals surface area contributed by atoms with Crippen molar-refractivity contribution in [1.29, 1.82) is 0 Å². The van der Waals surface area contributed by atoms with Crippen molar-refractivity contribution in [2.45, 2.75) is 83.0 Å². The molecule has 1 amide bonds. The Kier molecular flexibility index (Phi) is 8.13. The third kappa shape index (κ3) is 5.31. The molecule has 0 radical (unpaired) electrons. The Labute approximate surface area is 250 Å². The van der Waals surface area contributed by atoms with Crippen LogP contribution in [0.1, 0.15) is 76.9 Å². The zero-order chi connectivity index (χ0) is 31.2. The number of aliphatic carboxylic acids is 1. The molecule has 0 aromatic heterocycles. The van der Waals surface area contributed by atoms with Crippen molar-refractivity contribution in [1.82, 2.24) is 5.32 Å². The van der Waals surface area contributed by atoms with Gasteiger partial charge in [0, 0.05) is 17.5 Å². The number of carboxylic acid groups (broad SMARTS) is 1. The Morgan fingerprint density at radius 1 is 1.21 bits per heavy atom. The van der Waals surface area contributed by atoms with Crippen LogP contribution in [0.4, 0.5) is 5.69 Å². The van der Waals surface area contributed by atoms with Crippen LogP contribution in [0.5, 0.6) is 0 Å². The molecule has 3 fully saturated rings. The Balaban J connectivity index is 1.21. The summed E-state index contributed by atoms with van der Waals surface area (Å²) in [6.45, 7) is 3.96. The van der Waals surface area contributed by atoms with E-state index in [9.17, 15) is 35.0 Å². The highest BCUT2D eigenvalue weighted by atomic mass is 16.6. The Bertz CT molecular complexity index is 1420. The second kappa shape index (κ2) is 11.4. The van der Waals surface area contributed by atoms with Crippen LogP contribution < -0.4 is 5.32 Å². The van der Waals surface area contributed by atoms with Crippen molar-refractivity contribution in [3.63, 3.8) is 0 Å². The first-order valence-corrected chi connectivity index (χ1v) is 14.9. The molecule has 4 aliphatic carbocycles. The van der Waals surface area contributed by atoms with E-state index < -0.39 is 41.2 Å². The number of oxime groups is 1. The lowest BCUT2D eigenvalue weighted by molar-refractivity contribution is -0.385. The summed E-state index contributed by atoms with van der Waals surface area (Å²) in [6.07, 6.45) is 13.2. The number of carbonyl (C=O) groups is 2. The number of aliphatic hydroxyl groups excluding tert-OH is 1. The fourth-order valence-electron chi connectivity index (χ4n) is 8.58. The molecule has 3 saturated carbocycles. The molecule has 0 aliphatic heterocycles. The summed E-state index contributed by atoms with van der Waals surface area (Å²) in [5.41, 5.74) is 0.464. The number of nitrogens with zero attached hydrogens (tertiary/aromatic N) is 2. The third-order valence-corrected chi connectivity index (χ3v) is 11.1. The van der Waals surface area contributed by atoms with Gasteiger partial charge in [0.25, 0.3) is 11.6 Å². The summed E-state index contributed by atoms with van der Waals surface area (Å²) >= 11 is 0. The van der Waals surface area contributed by atoms with E-state index in [0.717, 1.165) is 44.6 Å². The van der Waals surface area contributed by atoms with Gasteiger partial charge in [-0.15, -0.1) is 6.42 Å². The minimum absolute atomic E-state index is 0.0167. The average Bonchev–Trinajstić information content (AvgIpc) is 3.26. The average molecular weight is 594 g/mol. The number of benzene rings is 1. The first-order valence-electron chi connectivity index (χ1n) is 14.9. The van der Waals surface area contributed by atoms with Gasteiger partial charge in [0.1, 0.15) is 11.7 Å². The van der Waals surface area contributed by atoms with Gasteiger partial charge in [-0.05, 0) is 86.2 Å². The molecule has 5 rings (SSSR count). The lowest BCUT2D eigenvalue weighted by Gasteiger charge is -2.58. The summed E-state index contributed by atoms with van der Waals surface area (Å²) in [7, 11) is 0. The molecule has 1 aromatic rings. The van der Waals surface area contributed by atoms with Crippen molar-refractivity contribution in [3.8, 4) is 12.3 Å². The molecule has 8 atom stereocenters. The second-order valence-electron chi connectivity index (χ2n) is 13.0. The molecule has 4 N–H and O–H groups in total. The van der Waals surface area contributed by atoms with E-state index in [-0.39, 0.29) is 22.1 Å². The number of non-ortho nitro benzene ring substituents is 1. The van der Waals surface area contributed by atoms with Crippen LogP contribution in [0.25, 0.3) is 0 Å². The fraction of sp³-hybridized carbons (Fsp3) is 0.594. The maximum atomic E-state index is 12.5. The number of allylic oxidation sites excluding steroid dienone is 2. The summed E-state index contributed by atoms with van der Waals surface area (Å²) in [5.74, 6) is 1.85. The molecule has 230 valence electrons. The largest absolute Gasteiger partial charge is 0.480 e. The van der Waals surface area contributed by atoms with Gasteiger partial charge in [-0.2, -0.15) is 0 Å². The number of hydrogen-bond acceptors (Lipinski definition) is 8. The first kappa shape index (κ1) is 30.7. The van der Waals surface area contributed by atoms with Crippen molar-refractivity contribution in [2.24, 2.45) is 33.7 Å². The number of hydrogen-bond donors (Lipinski definition) is 4. The Morgan fingerprint density at radius 3 is 2.65 bits per heavy atom. The van der Waals surface area contributed by atoms with Crippen LogP contribution in [0.3, 0.4) is 0 Å². The number of carbonyl (C=O) groups excluding carboxylic acids is 1. The number of aliphatic hydroxyl groups is 2. The molecule has 5 unspecified atom stereocenters. The number of carboxylic acids is 1. The van der Waals surface area contributed by atoms with Gasteiger partial charge in [-0.25, -0.2) is 4.79 Å². The number of nitro groups is 1. The molecular weight excluding hydrogens is 554 g/mol. The number of nitro benzene ring substituents is 1. The molecule has 0 saturated heterocycles. The van der Waals surface area contributed by atoms with Crippen LogP contribution in [-0.4, -0.2) is 56.1 Å². The highest BCUT2D eigenvalue weighted by molar-refractivity contribution is 5.96. The van der Waals surface area contributed by atoms with Crippen molar-refractivity contribution >= 4 is 23.3 Å². The number of rotatable bonds is 8. The number of amides is 1. The van der Waals surface area contributed by atoms with E-state index in [0.29, 0.717) is 36.3 Å². The quantitative estimate of drug-likeness (QED) is 0.200. The molecular formula is C32H39N3O8. The Morgan fingerprint density at radius 2 is 1.95 bits per heavy atom. The first-order chi connectivity index (χ1) is 20.3. The highest BCUT2D eigenvalue weighted by Crippen LogP contribution is 2.67. The van der Waals surface area contributed by atoms with Gasteiger partial charge in [0.15, 0.2) is 12.6 Å². The molecule has 0 spiro atoms. The van der Waals surface area contributed by atoms with Crippen molar-refractivity contribution in [3.05, 3.63) is 51.6 Å². The SMILES string of the molecule is C#C[C@]1(O)CCC2C3CCC4=CC(=NOCC(=O)NC(C(=O)O)C(O)c5cccc([N+](=O)[O-])c5)CC[C@]4(C)C3CC[C@@]21C. The molecule has 1 aromatic carbocycles. The van der Waals surface area contributed by atoms with Crippen molar-refractivity contribution < 1.29 is 34.7 Å². The van der Waals surface area contributed by atoms with Gasteiger partial charge in [0.2, 0.25) is 0 Å². The van der Waals surface area contributed by atoms with Gasteiger partial charge < -0.3 is 25.5 Å². The van der Waals surface area contributed by atoms with Crippen LogP contribution in [0, 0.1) is 51.0 Å². The van der Waals surface area contributed by atoms with E-state index in [1.54, 1.807) is 0 Å². The minimum Gasteiger partial charge on any atom is -0.480 e. The van der Waals surface area contributed by atoms with E-state index in [1.807, 2.05) is 0 Å². The van der Waals surface area contributed by atoms with Gasteiger partial charge >= 0.3 is 5.97 Å². The Hall–Kier alpha value is -3.75. The zero-order valence-electron chi connectivity index (χ0n) is 24.5. The number of fused-ring (bicyclic) bond motifs is 5. The van der Waals surface area contributed by atoms with Gasteiger partial charge in [-0.1, -0.05) is 42.6 Å². The van der Waals surface area contributed by atoms with E-state index >= 15 is 0 Å². The van der Waals surface area contributed by atoms with E-state index in [4.69, 9.17) is 11.3 Å². The summed E-state index contributed by atoms with van der Waals surface area (Å²) in [5, 5.41) is 48.7. The van der Waals surface area contributed by atoms with Crippen LogP contribution >= 0.6 is 0 Å². The monoisotopic (exact) mass is 593 g/mol. The third-order valence-electron chi connectivity index (χ3n) is 11.1. The standard InChI is InChI=1S/C32H39N3O8/c1-4-32(40)15-12-25-23-9-8-20-17-21(10-13-30(20,2)24(23)11-14-31(25,32)3)34-43-18-26(36)33-27(29(38)39)28(37)19-6-5-7-22(16-19)35(41)42/h1,5-7,16-17,23-25,27-28,37,40H,8-15,18H2,2-3H3,(H,33,36)(H,38,39)/t23?,24?,25?,27?,28?,30-,31-,32-/m0/s1. The number of nitrogens with one attached hydrogen (secondary N) is 1. The normalized spacial score (nSPS) is 35.3. The van der Waals surface area contributed by atoms with Crippen LogP contribution in [0.15, 0.2) is 41.1 Å². The maximum Gasteiger partial charge on any atom is 0.329 e. The van der Waals surface area contributed by atoms with Crippen LogP contribution in [-0.2, 0) is 14.4 Å². The molecule has 0 heterocycles. The number of terminal acetylenes is 1. The topological polar surface area (TPSA) is 172 Å². The molecule has 4 aliphatic rings. The molecule has 43 heavy (non-hydrogen) atoms. The minimum atomic E-state index is -1.74. The van der Waals surface area contributed by atoms with Crippen LogP contribution in [0.2, 0.25) is 0 Å². The van der Waals surface area contributed by atoms with E-state index in [2.05, 4.69) is 36.3 Å². The lowest BCUT2D eigenvalue weighted by atomic mass is 9.46. The van der Waals surface area contributed by atoms with Gasteiger partial charge in [0.05, 0.1) is 10.6 Å². The summed E-state index contributed by atoms with van der Waals surface area (Å²) < 4.78 is 0. The highest BCUT2D eigenvalue weighted by Gasteiger charge is 2.63. The predicted octanol–water partition coefficient (Wildman–Crippen LogP) is 3.90. The van der Waals surface area contributed by atoms with E-state index in [1.165, 1.54) is 23.8 Å². The summed E-state index contributed by atoms with van der Waals surface area (Å²) in [4.78, 5) is 39.9. The fourth-order valence-corrected chi connectivity index (χ4v) is 8.58. The van der Waals surface area contributed by atoms with Gasteiger partial charge in [-0.3, -0.25) is 14.9 Å². The molecule has 11 heteroatoms. The molecule has 11 nitrogen and oxygen atoms in total. The maximum absolute atomic E-state index is 12.5. The second-order valence-corrected chi connectivity index (χ2v) is 13.0.